The van der Waals surface area contributed by atoms with Gasteiger partial charge in [-0.2, -0.15) is 0 Å². The van der Waals surface area contributed by atoms with Crippen molar-refractivity contribution in [3.8, 4) is 11.8 Å². The Hall–Kier alpha value is -1.58. The Balaban J connectivity index is 4.20. The molecular weight excluding hydrogens is 610 g/mol. The topological polar surface area (TPSA) is 76.1 Å². The fourth-order valence-electron chi connectivity index (χ4n) is 6.19. The van der Waals surface area contributed by atoms with E-state index >= 15 is 0 Å². The zero-order chi connectivity index (χ0) is 35.9. The molecule has 0 aromatic carbocycles. The van der Waals surface area contributed by atoms with E-state index in [4.69, 9.17) is 9.47 Å². The van der Waals surface area contributed by atoms with Crippen molar-refractivity contribution in [2.24, 2.45) is 0 Å². The molecule has 0 fully saturated rings. The summed E-state index contributed by atoms with van der Waals surface area (Å²) in [5, 5.41) is 9.23. The van der Waals surface area contributed by atoms with Crippen molar-refractivity contribution in [3.63, 3.8) is 0 Å². The lowest BCUT2D eigenvalue weighted by atomic mass is 10.0. The number of unbranched alkanes of at least 4 members (excludes halogenated alkanes) is 19. The number of aliphatic hydroxyl groups is 1. The minimum atomic E-state index is -0.0965. The van der Waals surface area contributed by atoms with Gasteiger partial charge in [0.05, 0.1) is 6.61 Å². The summed E-state index contributed by atoms with van der Waals surface area (Å²) in [5.41, 5.74) is 0. The molecule has 0 aromatic heterocycles. The molecule has 1 N–H and O–H groups in total. The third-order valence-corrected chi connectivity index (χ3v) is 9.39. The van der Waals surface area contributed by atoms with E-state index < -0.39 is 0 Å². The summed E-state index contributed by atoms with van der Waals surface area (Å²) < 4.78 is 11.4. The van der Waals surface area contributed by atoms with Gasteiger partial charge in [-0.1, -0.05) is 111 Å². The Bertz CT molecular complexity index is 760. The van der Waals surface area contributed by atoms with Gasteiger partial charge in [-0.05, 0) is 96.7 Å². The monoisotopic (exact) mass is 692 g/mol. The van der Waals surface area contributed by atoms with Crippen LogP contribution in [0.3, 0.4) is 0 Å². The number of carbonyl (C=O) groups is 2. The fourth-order valence-corrected chi connectivity index (χ4v) is 6.19. The molecule has 0 spiro atoms. The third kappa shape index (κ3) is 36.0. The van der Waals surface area contributed by atoms with E-state index in [0.29, 0.717) is 19.4 Å². The van der Waals surface area contributed by atoms with Crippen LogP contribution in [-0.2, 0) is 19.1 Å². The maximum Gasteiger partial charge on any atom is 0.306 e. The standard InChI is InChI=1S/C43H81NO5/c1-4-7-10-13-16-22-31-40-48-42(46)34-26-28-37-44(38-29-30-39-45)36-27-21-17-20-25-35-43(47)49-41(32-23-18-14-11-8-5-2)33-24-19-15-12-9-6-3/h41,45H,4-12,14-15,17-40H2,1-3H3. The number of nitrogens with zero attached hydrogens (tertiary/aromatic N) is 1. The highest BCUT2D eigenvalue weighted by Crippen LogP contribution is 2.18. The molecule has 0 aliphatic heterocycles. The second-order valence-corrected chi connectivity index (χ2v) is 14.3. The Morgan fingerprint density at radius 2 is 0.980 bits per heavy atom. The molecule has 288 valence electrons. The molecule has 0 amide bonds. The van der Waals surface area contributed by atoms with Gasteiger partial charge in [0.1, 0.15) is 6.10 Å². The molecule has 0 bridgehead atoms. The molecule has 0 aromatic rings. The van der Waals surface area contributed by atoms with Crippen LogP contribution in [0.15, 0.2) is 0 Å². The summed E-state index contributed by atoms with van der Waals surface area (Å²) in [4.78, 5) is 27.3. The molecule has 0 aliphatic carbocycles. The molecule has 0 rings (SSSR count). The molecule has 0 unspecified atom stereocenters. The molecule has 0 saturated heterocycles. The average molecular weight is 692 g/mol. The van der Waals surface area contributed by atoms with Crippen molar-refractivity contribution in [1.29, 1.82) is 0 Å². The second kappa shape index (κ2) is 39.2. The fraction of sp³-hybridized carbons (Fsp3) is 0.907. The zero-order valence-electron chi connectivity index (χ0n) is 32.9. The quantitative estimate of drug-likeness (QED) is 0.0397. The zero-order valence-corrected chi connectivity index (χ0v) is 32.9. The Morgan fingerprint density at radius 3 is 1.57 bits per heavy atom. The first-order valence-electron chi connectivity index (χ1n) is 21.2. The first-order chi connectivity index (χ1) is 24.1. The van der Waals surface area contributed by atoms with Crippen LogP contribution in [0, 0.1) is 11.8 Å². The van der Waals surface area contributed by atoms with Crippen LogP contribution < -0.4 is 0 Å². The maximum atomic E-state index is 12.7. The van der Waals surface area contributed by atoms with E-state index in [1.165, 1.54) is 89.9 Å². The summed E-state index contributed by atoms with van der Waals surface area (Å²) in [6.07, 6.45) is 32.6. The first-order valence-corrected chi connectivity index (χ1v) is 21.2. The Kier molecular flexibility index (Phi) is 37.9. The Labute approximate surface area is 304 Å². The van der Waals surface area contributed by atoms with Crippen LogP contribution in [0.4, 0.5) is 0 Å². The third-order valence-electron chi connectivity index (χ3n) is 9.39. The van der Waals surface area contributed by atoms with Crippen molar-refractivity contribution in [2.45, 2.75) is 219 Å². The maximum absolute atomic E-state index is 12.7. The molecule has 0 radical (unpaired) electrons. The lowest BCUT2D eigenvalue weighted by Crippen LogP contribution is -2.27. The minimum Gasteiger partial charge on any atom is -0.466 e. The smallest absolute Gasteiger partial charge is 0.306 e. The second-order valence-electron chi connectivity index (χ2n) is 14.3. The highest BCUT2D eigenvalue weighted by Gasteiger charge is 2.14. The van der Waals surface area contributed by atoms with Gasteiger partial charge in [-0.25, -0.2) is 0 Å². The molecule has 0 saturated carbocycles. The lowest BCUT2D eigenvalue weighted by Gasteiger charge is -2.22. The van der Waals surface area contributed by atoms with Gasteiger partial charge >= 0.3 is 11.9 Å². The van der Waals surface area contributed by atoms with Crippen LogP contribution in [0.1, 0.15) is 213 Å². The van der Waals surface area contributed by atoms with Crippen molar-refractivity contribution >= 4 is 11.9 Å². The van der Waals surface area contributed by atoms with Crippen LogP contribution in [0.5, 0.6) is 0 Å². The predicted octanol–water partition coefficient (Wildman–Crippen LogP) is 11.5. The normalized spacial score (nSPS) is 11.2. The molecule has 0 atom stereocenters. The minimum absolute atomic E-state index is 0.00743. The number of ether oxygens (including phenoxy) is 2. The number of hydrogen-bond acceptors (Lipinski definition) is 6. The van der Waals surface area contributed by atoms with Crippen molar-refractivity contribution in [3.05, 3.63) is 0 Å². The first kappa shape index (κ1) is 47.4. The van der Waals surface area contributed by atoms with Gasteiger partial charge < -0.3 is 19.5 Å². The predicted molar refractivity (Wildman–Crippen MR) is 208 cm³/mol. The van der Waals surface area contributed by atoms with Crippen LogP contribution >= 0.6 is 0 Å². The van der Waals surface area contributed by atoms with Crippen molar-refractivity contribution < 1.29 is 24.2 Å². The number of hydrogen-bond donors (Lipinski definition) is 1. The Morgan fingerprint density at radius 1 is 0.531 bits per heavy atom. The molecule has 6 nitrogen and oxygen atoms in total. The van der Waals surface area contributed by atoms with E-state index in [9.17, 15) is 14.7 Å². The van der Waals surface area contributed by atoms with Gasteiger partial charge in [0.15, 0.2) is 0 Å². The van der Waals surface area contributed by atoms with Gasteiger partial charge in [0.25, 0.3) is 0 Å². The molecular formula is C43H81NO5. The van der Waals surface area contributed by atoms with Crippen LogP contribution in [0.25, 0.3) is 0 Å². The number of rotatable bonds is 37. The molecule has 0 aliphatic rings. The average Bonchev–Trinajstić information content (AvgIpc) is 3.09. The summed E-state index contributed by atoms with van der Waals surface area (Å²) in [6, 6.07) is 0. The number of aliphatic hydroxyl groups excluding tert-OH is 1. The lowest BCUT2D eigenvalue weighted by molar-refractivity contribution is -0.150. The summed E-state index contributed by atoms with van der Waals surface area (Å²) in [7, 11) is 0. The summed E-state index contributed by atoms with van der Waals surface area (Å²) in [5.74, 6) is 6.25. The van der Waals surface area contributed by atoms with E-state index in [2.05, 4.69) is 37.5 Å². The highest BCUT2D eigenvalue weighted by molar-refractivity contribution is 5.69. The summed E-state index contributed by atoms with van der Waals surface area (Å²) in [6.45, 7) is 10.4. The van der Waals surface area contributed by atoms with Crippen LogP contribution in [0.2, 0.25) is 0 Å². The van der Waals surface area contributed by atoms with Gasteiger partial charge in [-0.15, -0.1) is 11.8 Å². The molecule has 6 heteroatoms. The molecule has 49 heavy (non-hydrogen) atoms. The highest BCUT2D eigenvalue weighted by atomic mass is 16.5. The summed E-state index contributed by atoms with van der Waals surface area (Å²) >= 11 is 0. The SMILES string of the molecule is CCCCC#CCCCOC(=O)CCCCN(CCCCO)CCCCCCCC(=O)OC(CCCCCCCC)CCCCCCCC. The molecule has 0 heterocycles. The van der Waals surface area contributed by atoms with E-state index in [1.54, 1.807) is 0 Å². The van der Waals surface area contributed by atoms with E-state index in [1.807, 2.05) is 0 Å². The van der Waals surface area contributed by atoms with Gasteiger partial charge in [0, 0.05) is 32.3 Å². The van der Waals surface area contributed by atoms with Crippen molar-refractivity contribution in [2.75, 3.05) is 32.8 Å². The van der Waals surface area contributed by atoms with Gasteiger partial charge in [0.2, 0.25) is 0 Å². The van der Waals surface area contributed by atoms with E-state index in [-0.39, 0.29) is 24.6 Å². The van der Waals surface area contributed by atoms with Crippen molar-refractivity contribution in [1.82, 2.24) is 4.90 Å². The van der Waals surface area contributed by atoms with Crippen LogP contribution in [-0.4, -0.2) is 60.9 Å². The van der Waals surface area contributed by atoms with E-state index in [0.717, 1.165) is 110 Å². The van der Waals surface area contributed by atoms with Gasteiger partial charge in [-0.3, -0.25) is 9.59 Å². The number of esters is 2. The largest absolute Gasteiger partial charge is 0.466 e. The number of carbonyl (C=O) groups excluding carboxylic acids is 2.